The summed E-state index contributed by atoms with van der Waals surface area (Å²) in [5.41, 5.74) is 0.573. The lowest BCUT2D eigenvalue weighted by Crippen LogP contribution is -2.50. The number of carbonyl (C=O) groups excluding carboxylic acids is 1. The Labute approximate surface area is 125 Å². The number of carboxylic acid groups (broad SMARTS) is 1. The van der Waals surface area contributed by atoms with Crippen molar-refractivity contribution < 1.29 is 19.4 Å². The zero-order valence-corrected chi connectivity index (χ0v) is 12.7. The molecule has 1 aromatic carbocycles. The van der Waals surface area contributed by atoms with Gasteiger partial charge in [-0.3, -0.25) is 9.59 Å². The summed E-state index contributed by atoms with van der Waals surface area (Å²) in [6.07, 6.45) is 0.379. The number of benzene rings is 1. The minimum atomic E-state index is -0.943. The van der Waals surface area contributed by atoms with Crippen LogP contribution < -0.4 is 5.32 Å². The van der Waals surface area contributed by atoms with Gasteiger partial charge in [0.2, 0.25) is 0 Å². The molecule has 1 heterocycles. The van der Waals surface area contributed by atoms with Crippen molar-refractivity contribution in [2.75, 3.05) is 13.2 Å². The van der Waals surface area contributed by atoms with Crippen molar-refractivity contribution in [1.82, 2.24) is 5.32 Å². The molecule has 1 amide bonds. The van der Waals surface area contributed by atoms with Gasteiger partial charge < -0.3 is 15.2 Å². The fraction of sp³-hybridized carbons (Fsp3) is 0.429. The van der Waals surface area contributed by atoms with Crippen LogP contribution in [0.25, 0.3) is 0 Å². The third kappa shape index (κ3) is 3.37. The van der Waals surface area contributed by atoms with Crippen molar-refractivity contribution in [2.45, 2.75) is 25.3 Å². The molecule has 1 aliphatic rings. The molecule has 1 aliphatic heterocycles. The molecule has 1 fully saturated rings. The SMILES string of the molecule is Cc1ccc(Br)cc1C(=O)NC1(CC(=O)O)CCOC1. The van der Waals surface area contributed by atoms with Crippen LogP contribution >= 0.6 is 15.9 Å². The second-order valence-electron chi connectivity index (χ2n) is 5.07. The Morgan fingerprint density at radius 3 is 2.85 bits per heavy atom. The predicted molar refractivity (Wildman–Crippen MR) is 76.8 cm³/mol. The Bertz CT molecular complexity index is 538. The monoisotopic (exact) mass is 341 g/mol. The maximum atomic E-state index is 12.4. The van der Waals surface area contributed by atoms with Crippen molar-refractivity contribution in [1.29, 1.82) is 0 Å². The second-order valence-corrected chi connectivity index (χ2v) is 5.98. The quantitative estimate of drug-likeness (QED) is 0.879. The van der Waals surface area contributed by atoms with Crippen molar-refractivity contribution in [3.8, 4) is 0 Å². The number of carboxylic acids is 1. The van der Waals surface area contributed by atoms with Gasteiger partial charge in [0.05, 0.1) is 18.6 Å². The third-order valence-corrected chi connectivity index (χ3v) is 3.91. The largest absolute Gasteiger partial charge is 0.481 e. The first-order valence-corrected chi connectivity index (χ1v) is 7.09. The number of aliphatic carboxylic acids is 1. The Kier molecular flexibility index (Phi) is 4.45. The normalized spacial score (nSPS) is 21.7. The molecule has 1 saturated heterocycles. The van der Waals surface area contributed by atoms with Gasteiger partial charge in [0.15, 0.2) is 0 Å². The predicted octanol–water partition coefficient (Wildman–Crippen LogP) is 2.12. The van der Waals surface area contributed by atoms with Crippen molar-refractivity contribution >= 4 is 27.8 Å². The standard InChI is InChI=1S/C14H16BrNO4/c1-9-2-3-10(15)6-11(9)13(19)16-14(7-12(17)18)4-5-20-8-14/h2-3,6H,4-5,7-8H2,1H3,(H,16,19)(H,17,18). The summed E-state index contributed by atoms with van der Waals surface area (Å²) < 4.78 is 6.07. The van der Waals surface area contributed by atoms with E-state index in [0.29, 0.717) is 18.6 Å². The van der Waals surface area contributed by atoms with Crippen molar-refractivity contribution in [3.63, 3.8) is 0 Å². The number of halogens is 1. The smallest absolute Gasteiger partial charge is 0.305 e. The molecule has 2 N–H and O–H groups in total. The van der Waals surface area contributed by atoms with E-state index in [4.69, 9.17) is 9.84 Å². The van der Waals surface area contributed by atoms with Crippen LogP contribution in [-0.4, -0.2) is 35.7 Å². The van der Waals surface area contributed by atoms with Crippen LogP contribution in [0.5, 0.6) is 0 Å². The highest BCUT2D eigenvalue weighted by Crippen LogP contribution is 2.24. The van der Waals surface area contributed by atoms with Crippen LogP contribution in [-0.2, 0) is 9.53 Å². The third-order valence-electron chi connectivity index (χ3n) is 3.42. The van der Waals surface area contributed by atoms with Gasteiger partial charge in [-0.05, 0) is 31.0 Å². The Morgan fingerprint density at radius 1 is 1.50 bits per heavy atom. The van der Waals surface area contributed by atoms with E-state index in [1.54, 1.807) is 6.07 Å². The number of hydrogen-bond donors (Lipinski definition) is 2. The molecule has 108 valence electrons. The minimum absolute atomic E-state index is 0.133. The number of nitrogens with one attached hydrogen (secondary N) is 1. The van der Waals surface area contributed by atoms with E-state index in [1.807, 2.05) is 19.1 Å². The molecule has 0 spiro atoms. The molecule has 1 atom stereocenters. The average Bonchev–Trinajstić information content (AvgIpc) is 2.79. The van der Waals surface area contributed by atoms with E-state index in [1.165, 1.54) is 0 Å². The molecule has 20 heavy (non-hydrogen) atoms. The van der Waals surface area contributed by atoms with Crippen LogP contribution in [0, 0.1) is 6.92 Å². The number of ether oxygens (including phenoxy) is 1. The maximum Gasteiger partial charge on any atom is 0.305 e. The average molecular weight is 342 g/mol. The summed E-state index contributed by atoms with van der Waals surface area (Å²) in [4.78, 5) is 23.4. The van der Waals surface area contributed by atoms with Gasteiger partial charge in [0, 0.05) is 16.6 Å². The number of hydrogen-bond acceptors (Lipinski definition) is 3. The Balaban J connectivity index is 2.20. The van der Waals surface area contributed by atoms with Gasteiger partial charge in [-0.1, -0.05) is 22.0 Å². The summed E-state index contributed by atoms with van der Waals surface area (Å²) in [7, 11) is 0. The lowest BCUT2D eigenvalue weighted by atomic mass is 9.93. The van der Waals surface area contributed by atoms with Gasteiger partial charge in [0.1, 0.15) is 0 Å². The van der Waals surface area contributed by atoms with E-state index in [0.717, 1.165) is 10.0 Å². The maximum absolute atomic E-state index is 12.4. The van der Waals surface area contributed by atoms with Crippen LogP contribution in [0.15, 0.2) is 22.7 Å². The van der Waals surface area contributed by atoms with E-state index in [2.05, 4.69) is 21.2 Å². The number of aryl methyl sites for hydroxylation is 1. The number of carbonyl (C=O) groups is 2. The van der Waals surface area contributed by atoms with Gasteiger partial charge in [-0.2, -0.15) is 0 Å². The number of rotatable bonds is 4. The molecule has 0 saturated carbocycles. The Hall–Kier alpha value is -1.40. The minimum Gasteiger partial charge on any atom is -0.481 e. The van der Waals surface area contributed by atoms with E-state index in [-0.39, 0.29) is 18.9 Å². The summed E-state index contributed by atoms with van der Waals surface area (Å²) in [6.45, 7) is 2.54. The highest BCUT2D eigenvalue weighted by atomic mass is 79.9. The van der Waals surface area contributed by atoms with Gasteiger partial charge in [-0.15, -0.1) is 0 Å². The lowest BCUT2D eigenvalue weighted by molar-refractivity contribution is -0.138. The molecule has 2 rings (SSSR count). The molecule has 0 radical (unpaired) electrons. The zero-order valence-electron chi connectivity index (χ0n) is 11.1. The van der Waals surface area contributed by atoms with Crippen molar-refractivity contribution in [2.24, 2.45) is 0 Å². The summed E-state index contributed by atoms with van der Waals surface area (Å²) >= 11 is 3.33. The van der Waals surface area contributed by atoms with Crippen LogP contribution in [0.4, 0.5) is 0 Å². The molecule has 6 heteroatoms. The van der Waals surface area contributed by atoms with Gasteiger partial charge in [0.25, 0.3) is 5.91 Å². The first-order chi connectivity index (χ1) is 9.42. The fourth-order valence-electron chi connectivity index (χ4n) is 2.33. The van der Waals surface area contributed by atoms with Crippen molar-refractivity contribution in [3.05, 3.63) is 33.8 Å². The summed E-state index contributed by atoms with van der Waals surface area (Å²) in [6, 6.07) is 5.43. The fourth-order valence-corrected chi connectivity index (χ4v) is 2.69. The summed E-state index contributed by atoms with van der Waals surface area (Å²) in [5, 5.41) is 11.8. The van der Waals surface area contributed by atoms with Crippen LogP contribution in [0.3, 0.4) is 0 Å². The zero-order chi connectivity index (χ0) is 14.8. The summed E-state index contributed by atoms with van der Waals surface area (Å²) in [5.74, 6) is -1.21. The van der Waals surface area contributed by atoms with Crippen LogP contribution in [0.2, 0.25) is 0 Å². The second kappa shape index (κ2) is 5.93. The molecule has 0 aromatic heterocycles. The van der Waals surface area contributed by atoms with E-state index in [9.17, 15) is 9.59 Å². The van der Waals surface area contributed by atoms with E-state index < -0.39 is 11.5 Å². The molecule has 1 aromatic rings. The van der Waals surface area contributed by atoms with Gasteiger partial charge >= 0.3 is 5.97 Å². The molecular formula is C14H16BrNO4. The first kappa shape index (κ1) is 15.0. The molecule has 0 bridgehead atoms. The number of amides is 1. The van der Waals surface area contributed by atoms with E-state index >= 15 is 0 Å². The Morgan fingerprint density at radius 2 is 2.25 bits per heavy atom. The first-order valence-electron chi connectivity index (χ1n) is 6.30. The highest BCUT2D eigenvalue weighted by molar-refractivity contribution is 9.10. The lowest BCUT2D eigenvalue weighted by Gasteiger charge is -2.27. The van der Waals surface area contributed by atoms with Crippen LogP contribution in [0.1, 0.15) is 28.8 Å². The molecule has 0 aliphatic carbocycles. The molecule has 5 nitrogen and oxygen atoms in total. The van der Waals surface area contributed by atoms with Gasteiger partial charge in [-0.25, -0.2) is 0 Å². The molecule has 1 unspecified atom stereocenters. The highest BCUT2D eigenvalue weighted by Gasteiger charge is 2.38. The molecular weight excluding hydrogens is 326 g/mol. The topological polar surface area (TPSA) is 75.6 Å².